The number of nitrogens with one attached hydrogen (secondary N) is 2. The maximum Gasteiger partial charge on any atom is 0.191 e. The van der Waals surface area contributed by atoms with Crippen molar-refractivity contribution in [1.29, 1.82) is 0 Å². The second-order valence-corrected chi connectivity index (χ2v) is 6.69. The first-order valence-electron chi connectivity index (χ1n) is 9.02. The smallest absolute Gasteiger partial charge is 0.191 e. The molecule has 3 rings (SSSR count). The highest BCUT2D eigenvalue weighted by atomic mass is 127. The molecule has 1 saturated heterocycles. The van der Waals surface area contributed by atoms with Crippen LogP contribution in [-0.2, 0) is 6.54 Å². The highest BCUT2D eigenvalue weighted by molar-refractivity contribution is 14.0. The lowest BCUT2D eigenvalue weighted by Gasteiger charge is -2.20. The number of guanidine groups is 1. The van der Waals surface area contributed by atoms with Crippen LogP contribution in [0.15, 0.2) is 41.5 Å². The minimum atomic E-state index is -0.285. The molecule has 1 fully saturated rings. The zero-order valence-electron chi connectivity index (χ0n) is 16.4. The highest BCUT2D eigenvalue weighted by Crippen LogP contribution is 2.20. The Kier molecular flexibility index (Phi) is 8.21. The quantitative estimate of drug-likeness (QED) is 0.374. The summed E-state index contributed by atoms with van der Waals surface area (Å²) in [6.07, 6.45) is 2.51. The molecular formula is C19H27FIN7. The number of anilines is 2. The van der Waals surface area contributed by atoms with E-state index in [1.165, 1.54) is 6.07 Å². The molecule has 1 aliphatic heterocycles. The Labute approximate surface area is 182 Å². The minimum Gasteiger partial charge on any atom is -0.363 e. The van der Waals surface area contributed by atoms with Crippen molar-refractivity contribution < 1.29 is 4.39 Å². The Bertz CT molecular complexity index is 799. The highest BCUT2D eigenvalue weighted by Gasteiger charge is 2.25. The van der Waals surface area contributed by atoms with Crippen molar-refractivity contribution in [2.75, 3.05) is 44.0 Å². The van der Waals surface area contributed by atoms with E-state index in [9.17, 15) is 4.39 Å². The minimum absolute atomic E-state index is 0. The van der Waals surface area contributed by atoms with Crippen LogP contribution in [0.2, 0.25) is 0 Å². The summed E-state index contributed by atoms with van der Waals surface area (Å²) in [7, 11) is 5.68. The molecule has 0 aromatic carbocycles. The molecule has 2 aromatic heterocycles. The number of nitrogens with zero attached hydrogens (tertiary/aromatic N) is 5. The Morgan fingerprint density at radius 1 is 1.32 bits per heavy atom. The van der Waals surface area contributed by atoms with Crippen molar-refractivity contribution in [2.45, 2.75) is 19.0 Å². The summed E-state index contributed by atoms with van der Waals surface area (Å²) in [4.78, 5) is 17.0. The molecule has 3 heterocycles. The van der Waals surface area contributed by atoms with E-state index >= 15 is 0 Å². The average molecular weight is 499 g/mol. The van der Waals surface area contributed by atoms with E-state index in [4.69, 9.17) is 0 Å². The van der Waals surface area contributed by atoms with E-state index in [0.717, 1.165) is 24.5 Å². The first-order valence-corrected chi connectivity index (χ1v) is 9.02. The monoisotopic (exact) mass is 499 g/mol. The molecule has 2 N–H and O–H groups in total. The van der Waals surface area contributed by atoms with Gasteiger partial charge in [0.05, 0.1) is 12.2 Å². The maximum absolute atomic E-state index is 13.9. The summed E-state index contributed by atoms with van der Waals surface area (Å²) in [5.74, 6) is 1.75. The van der Waals surface area contributed by atoms with Crippen LogP contribution in [0.4, 0.5) is 16.0 Å². The van der Waals surface area contributed by atoms with Crippen molar-refractivity contribution in [3.05, 3.63) is 48.0 Å². The molecule has 1 atom stereocenters. The predicted molar refractivity (Wildman–Crippen MR) is 122 cm³/mol. The Morgan fingerprint density at radius 2 is 2.14 bits per heavy atom. The van der Waals surface area contributed by atoms with Gasteiger partial charge in [0.25, 0.3) is 0 Å². The molecular weight excluding hydrogens is 472 g/mol. The average Bonchev–Trinajstić information content (AvgIpc) is 3.14. The van der Waals surface area contributed by atoms with Crippen molar-refractivity contribution >= 4 is 41.6 Å². The number of rotatable bonds is 5. The second-order valence-electron chi connectivity index (χ2n) is 6.69. The van der Waals surface area contributed by atoms with E-state index in [1.807, 2.05) is 42.1 Å². The van der Waals surface area contributed by atoms with Gasteiger partial charge in [-0.3, -0.25) is 4.99 Å². The fraction of sp³-hybridized carbons (Fsp3) is 0.421. The van der Waals surface area contributed by atoms with Crippen LogP contribution in [0, 0.1) is 5.82 Å². The fourth-order valence-electron chi connectivity index (χ4n) is 3.06. The third-order valence-electron chi connectivity index (χ3n) is 4.48. The van der Waals surface area contributed by atoms with E-state index in [2.05, 4.69) is 25.6 Å². The first-order chi connectivity index (χ1) is 13.1. The molecule has 152 valence electrons. The molecule has 0 bridgehead atoms. The normalized spacial score (nSPS) is 16.5. The largest absolute Gasteiger partial charge is 0.363 e. The van der Waals surface area contributed by atoms with E-state index < -0.39 is 0 Å². The topological polar surface area (TPSA) is 68.7 Å². The molecule has 1 aliphatic rings. The summed E-state index contributed by atoms with van der Waals surface area (Å²) in [6, 6.07) is 9.17. The summed E-state index contributed by atoms with van der Waals surface area (Å²) >= 11 is 0. The maximum atomic E-state index is 13.9. The van der Waals surface area contributed by atoms with Crippen LogP contribution in [-0.4, -0.2) is 56.2 Å². The lowest BCUT2D eigenvalue weighted by atomic mass is 10.3. The van der Waals surface area contributed by atoms with Crippen LogP contribution in [0.1, 0.15) is 12.1 Å². The van der Waals surface area contributed by atoms with Crippen LogP contribution < -0.4 is 20.4 Å². The molecule has 0 aliphatic carbocycles. The van der Waals surface area contributed by atoms with Gasteiger partial charge in [-0.25, -0.2) is 14.4 Å². The van der Waals surface area contributed by atoms with Crippen LogP contribution in [0.5, 0.6) is 0 Å². The van der Waals surface area contributed by atoms with Crippen LogP contribution in [0.25, 0.3) is 0 Å². The van der Waals surface area contributed by atoms with Gasteiger partial charge in [0.1, 0.15) is 5.82 Å². The van der Waals surface area contributed by atoms with E-state index in [-0.39, 0.29) is 35.8 Å². The van der Waals surface area contributed by atoms with Gasteiger partial charge >= 0.3 is 0 Å². The van der Waals surface area contributed by atoms with Crippen molar-refractivity contribution in [2.24, 2.45) is 4.99 Å². The predicted octanol–water partition coefficient (Wildman–Crippen LogP) is 2.24. The lowest BCUT2D eigenvalue weighted by Crippen LogP contribution is -2.44. The number of hydrogen-bond donors (Lipinski definition) is 2. The zero-order chi connectivity index (χ0) is 19.2. The lowest BCUT2D eigenvalue weighted by molar-refractivity contribution is 0.612. The van der Waals surface area contributed by atoms with Crippen molar-refractivity contribution in [3.63, 3.8) is 0 Å². The van der Waals surface area contributed by atoms with Gasteiger partial charge in [-0.2, -0.15) is 0 Å². The van der Waals surface area contributed by atoms with Gasteiger partial charge in [0.2, 0.25) is 0 Å². The first kappa shape index (κ1) is 22.1. The SMILES string of the molecule is CN=C(NCc1cccc(N(C)C)n1)NC1CCN(c2ncccc2F)C1.I. The Hall–Kier alpha value is -2.17. The molecule has 0 spiro atoms. The number of halogens is 2. The van der Waals surface area contributed by atoms with Gasteiger partial charge < -0.3 is 20.4 Å². The molecule has 28 heavy (non-hydrogen) atoms. The van der Waals surface area contributed by atoms with Gasteiger partial charge in [-0.1, -0.05) is 6.07 Å². The standard InChI is InChI=1S/C19H26FN7.HI/c1-21-19(23-12-14-6-4-8-17(24-14)26(2)3)25-15-9-11-27(13-15)18-16(20)7-5-10-22-18;/h4-8,10,15H,9,11-13H2,1-3H3,(H2,21,23,25);1H. The molecule has 2 aromatic rings. The van der Waals surface area contributed by atoms with Crippen molar-refractivity contribution in [1.82, 2.24) is 20.6 Å². The molecule has 0 radical (unpaired) electrons. The number of pyridine rings is 2. The van der Waals surface area contributed by atoms with Crippen molar-refractivity contribution in [3.8, 4) is 0 Å². The molecule has 0 saturated carbocycles. The summed E-state index contributed by atoms with van der Waals surface area (Å²) in [5.41, 5.74) is 0.938. The van der Waals surface area contributed by atoms with Gasteiger partial charge in [0.15, 0.2) is 17.6 Å². The van der Waals surface area contributed by atoms with Gasteiger partial charge in [0, 0.05) is 46.5 Å². The molecule has 9 heteroatoms. The summed E-state index contributed by atoms with van der Waals surface area (Å²) in [5, 5.41) is 6.70. The number of aliphatic imine (C=N–C) groups is 1. The van der Waals surface area contributed by atoms with E-state index in [0.29, 0.717) is 24.9 Å². The number of aromatic nitrogens is 2. The molecule has 1 unspecified atom stereocenters. The van der Waals surface area contributed by atoms with Gasteiger partial charge in [-0.05, 0) is 30.7 Å². The second kappa shape index (κ2) is 10.4. The number of hydrogen-bond acceptors (Lipinski definition) is 5. The fourth-order valence-corrected chi connectivity index (χ4v) is 3.06. The molecule has 7 nitrogen and oxygen atoms in total. The van der Waals surface area contributed by atoms with Gasteiger partial charge in [-0.15, -0.1) is 24.0 Å². The van der Waals surface area contributed by atoms with Crippen LogP contribution >= 0.6 is 24.0 Å². The third-order valence-corrected chi connectivity index (χ3v) is 4.48. The Balaban J connectivity index is 0.00000280. The Morgan fingerprint density at radius 3 is 2.86 bits per heavy atom. The summed E-state index contributed by atoms with van der Waals surface area (Å²) < 4.78 is 13.9. The third kappa shape index (κ3) is 5.66. The zero-order valence-corrected chi connectivity index (χ0v) is 18.7. The molecule has 0 amide bonds. The van der Waals surface area contributed by atoms with E-state index in [1.54, 1.807) is 19.3 Å². The summed E-state index contributed by atoms with van der Waals surface area (Å²) in [6.45, 7) is 2.02. The van der Waals surface area contributed by atoms with Crippen LogP contribution in [0.3, 0.4) is 0 Å².